The lowest BCUT2D eigenvalue weighted by atomic mass is 10.1. The van der Waals surface area contributed by atoms with Crippen molar-refractivity contribution in [1.29, 1.82) is 5.26 Å². The molecule has 4 heterocycles. The van der Waals surface area contributed by atoms with Crippen molar-refractivity contribution < 1.29 is 18.0 Å². The summed E-state index contributed by atoms with van der Waals surface area (Å²) in [6.07, 6.45) is -0.479. The van der Waals surface area contributed by atoms with Crippen LogP contribution < -0.4 is 15.4 Å². The third-order valence-electron chi connectivity index (χ3n) is 6.87. The molecule has 10 nitrogen and oxygen atoms in total. The largest absolute Gasteiger partial charge is 0.423 e. The summed E-state index contributed by atoms with van der Waals surface area (Å²) in [6, 6.07) is 5.35. The lowest BCUT2D eigenvalue weighted by Crippen LogP contribution is -2.49. The predicted molar refractivity (Wildman–Crippen MR) is 130 cm³/mol. The maximum atomic E-state index is 13.5. The summed E-state index contributed by atoms with van der Waals surface area (Å²) in [4.78, 5) is 36.4. The van der Waals surface area contributed by atoms with Gasteiger partial charge in [0.15, 0.2) is 0 Å². The Morgan fingerprint density at radius 1 is 1.22 bits per heavy atom. The van der Waals surface area contributed by atoms with Crippen molar-refractivity contribution in [3.63, 3.8) is 0 Å². The zero-order valence-electron chi connectivity index (χ0n) is 20.5. The molecule has 0 radical (unpaired) electrons. The molecular formula is C24H29F3N8O2. The number of likely N-dealkylation sites (N-methyl/N-ethyl adjacent to an activating group) is 1. The summed E-state index contributed by atoms with van der Waals surface area (Å²) in [6.45, 7) is 3.76. The maximum Gasteiger partial charge on any atom is 0.423 e. The Hall–Kier alpha value is -3.66. The zero-order chi connectivity index (χ0) is 26.6. The lowest BCUT2D eigenvalue weighted by molar-refractivity contribution is -0.138. The van der Waals surface area contributed by atoms with Gasteiger partial charge < -0.3 is 19.6 Å². The smallest absolute Gasteiger partial charge is 0.365 e. The molecule has 2 aliphatic rings. The van der Waals surface area contributed by atoms with Gasteiger partial charge in [-0.25, -0.2) is 10.1 Å². The summed E-state index contributed by atoms with van der Waals surface area (Å²) in [5.74, 6) is 0.803. The van der Waals surface area contributed by atoms with E-state index in [1.807, 2.05) is 28.0 Å². The van der Waals surface area contributed by atoms with Crippen LogP contribution in [-0.2, 0) is 11.0 Å². The molecular weight excluding hydrogens is 489 g/mol. The van der Waals surface area contributed by atoms with E-state index in [9.17, 15) is 22.8 Å². The average molecular weight is 519 g/mol. The Kier molecular flexibility index (Phi) is 7.97. The topological polar surface area (TPSA) is 112 Å². The second-order valence-electron chi connectivity index (χ2n) is 9.34. The Bertz CT molecular complexity index is 1190. The Morgan fingerprint density at radius 2 is 1.97 bits per heavy atom. The summed E-state index contributed by atoms with van der Waals surface area (Å²) >= 11 is 0. The molecule has 0 aliphatic carbocycles. The van der Waals surface area contributed by atoms with Crippen LogP contribution in [0.5, 0.6) is 0 Å². The third-order valence-corrected chi connectivity index (χ3v) is 6.87. The van der Waals surface area contributed by atoms with Crippen LogP contribution >= 0.6 is 0 Å². The first kappa shape index (κ1) is 26.4. The number of carbonyl (C=O) groups is 1. The summed E-state index contributed by atoms with van der Waals surface area (Å²) < 4.78 is 40.6. The number of nitrogens with one attached hydrogen (secondary N) is 1. The van der Waals surface area contributed by atoms with Crippen molar-refractivity contribution in [3.05, 3.63) is 46.0 Å². The molecule has 2 aromatic heterocycles. The monoisotopic (exact) mass is 518 g/mol. The number of rotatable bonds is 7. The lowest BCUT2D eigenvalue weighted by Gasteiger charge is -2.36. The normalized spacial score (nSPS) is 18.4. The number of aromatic nitrogens is 3. The van der Waals surface area contributed by atoms with Crippen LogP contribution in [0.15, 0.2) is 29.3 Å². The number of pyridine rings is 1. The van der Waals surface area contributed by atoms with Crippen molar-refractivity contribution in [1.82, 2.24) is 25.0 Å². The molecule has 198 valence electrons. The molecule has 2 fully saturated rings. The highest BCUT2D eigenvalue weighted by molar-refractivity contribution is 5.76. The van der Waals surface area contributed by atoms with Gasteiger partial charge in [-0.3, -0.25) is 9.59 Å². The van der Waals surface area contributed by atoms with Crippen LogP contribution in [0.4, 0.5) is 24.7 Å². The van der Waals surface area contributed by atoms with Gasteiger partial charge in [-0.1, -0.05) is 0 Å². The molecule has 0 spiro atoms. The highest BCUT2D eigenvalue weighted by Crippen LogP contribution is 2.36. The molecule has 0 bridgehead atoms. The second-order valence-corrected chi connectivity index (χ2v) is 9.34. The molecule has 2 aliphatic heterocycles. The molecule has 13 heteroatoms. The second kappa shape index (κ2) is 11.2. The van der Waals surface area contributed by atoms with Gasteiger partial charge in [0, 0.05) is 64.5 Å². The van der Waals surface area contributed by atoms with Gasteiger partial charge in [-0.2, -0.15) is 23.5 Å². The highest BCUT2D eigenvalue weighted by Gasteiger charge is 2.40. The van der Waals surface area contributed by atoms with Gasteiger partial charge in [0.2, 0.25) is 5.91 Å². The minimum Gasteiger partial charge on any atom is -0.365 e. The highest BCUT2D eigenvalue weighted by atomic mass is 19.4. The van der Waals surface area contributed by atoms with Gasteiger partial charge in [0.25, 0.3) is 5.56 Å². The first-order valence-electron chi connectivity index (χ1n) is 12.2. The molecule has 1 amide bonds. The van der Waals surface area contributed by atoms with E-state index < -0.39 is 17.3 Å². The number of hydrogen-bond acceptors (Lipinski definition) is 8. The van der Waals surface area contributed by atoms with Crippen LogP contribution in [0.1, 0.15) is 30.4 Å². The number of hydrogen-bond donors (Lipinski definition) is 1. The molecule has 2 saturated heterocycles. The fourth-order valence-corrected chi connectivity index (χ4v) is 4.94. The number of nitrogens with zero attached hydrogens (tertiary/aromatic N) is 7. The minimum absolute atomic E-state index is 0.0284. The Morgan fingerprint density at radius 3 is 2.62 bits per heavy atom. The van der Waals surface area contributed by atoms with E-state index >= 15 is 0 Å². The molecule has 2 aromatic rings. The van der Waals surface area contributed by atoms with Crippen molar-refractivity contribution in [2.75, 3.05) is 62.7 Å². The third kappa shape index (κ3) is 6.19. The Labute approximate surface area is 212 Å². The number of H-pyrrole nitrogens is 1. The van der Waals surface area contributed by atoms with Crippen molar-refractivity contribution in [2.45, 2.75) is 31.5 Å². The average Bonchev–Trinajstić information content (AvgIpc) is 3.34. The maximum absolute atomic E-state index is 13.5. The first-order chi connectivity index (χ1) is 17.7. The van der Waals surface area contributed by atoms with Gasteiger partial charge in [-0.15, -0.1) is 0 Å². The number of alkyl halides is 3. The predicted octanol–water partition coefficient (Wildman–Crippen LogP) is 1.69. The number of carbonyl (C=O) groups excluding carboxylic acids is 1. The van der Waals surface area contributed by atoms with Crippen LogP contribution in [0.2, 0.25) is 0 Å². The standard InChI is InChI=1S/C24H29F3N8O2/c1-32(16-18-3-2-7-35(18)19-15-30-31-23(37)22(19)24(25,26)27)8-6-21(36)34-11-9-33(10-12-34)20-5-4-17(13-28)14-29-20/h4-5,14-15,18H,2-3,6-12,16H2,1H3,(H,31,37). The fraction of sp³-hybridized carbons (Fsp3) is 0.542. The van der Waals surface area contributed by atoms with E-state index in [1.165, 1.54) is 6.20 Å². The summed E-state index contributed by atoms with van der Waals surface area (Å²) in [5, 5.41) is 14.4. The van der Waals surface area contributed by atoms with E-state index in [0.717, 1.165) is 12.0 Å². The number of piperazine rings is 1. The van der Waals surface area contributed by atoms with Crippen molar-refractivity contribution >= 4 is 17.4 Å². The fourth-order valence-electron chi connectivity index (χ4n) is 4.94. The molecule has 37 heavy (non-hydrogen) atoms. The van der Waals surface area contributed by atoms with Gasteiger partial charge >= 0.3 is 6.18 Å². The number of halogens is 3. The summed E-state index contributed by atoms with van der Waals surface area (Å²) in [5.41, 5.74) is -2.16. The summed E-state index contributed by atoms with van der Waals surface area (Å²) in [7, 11) is 1.85. The van der Waals surface area contributed by atoms with E-state index in [0.29, 0.717) is 70.6 Å². The number of anilines is 2. The van der Waals surface area contributed by atoms with Gasteiger partial charge in [0.05, 0.1) is 17.4 Å². The van der Waals surface area contributed by atoms with E-state index in [4.69, 9.17) is 5.26 Å². The minimum atomic E-state index is -4.78. The van der Waals surface area contributed by atoms with E-state index in [2.05, 4.69) is 15.0 Å². The molecule has 1 unspecified atom stereocenters. The molecule has 0 saturated carbocycles. The molecule has 1 atom stereocenters. The van der Waals surface area contributed by atoms with Gasteiger partial charge in [-0.05, 0) is 32.0 Å². The number of amides is 1. The van der Waals surface area contributed by atoms with E-state index in [-0.39, 0.29) is 17.6 Å². The zero-order valence-corrected chi connectivity index (χ0v) is 20.5. The van der Waals surface area contributed by atoms with Crippen molar-refractivity contribution in [3.8, 4) is 6.07 Å². The van der Waals surface area contributed by atoms with Crippen LogP contribution in [-0.4, -0.2) is 89.8 Å². The van der Waals surface area contributed by atoms with Crippen LogP contribution in [0.25, 0.3) is 0 Å². The molecule has 0 aromatic carbocycles. The number of aromatic amines is 1. The van der Waals surface area contributed by atoms with Crippen LogP contribution in [0.3, 0.4) is 0 Å². The molecule has 4 rings (SSSR count). The first-order valence-corrected chi connectivity index (χ1v) is 12.2. The van der Waals surface area contributed by atoms with Gasteiger partial charge in [0.1, 0.15) is 17.5 Å². The molecule has 1 N–H and O–H groups in total. The quantitative estimate of drug-likeness (QED) is 0.590. The number of nitriles is 1. The van der Waals surface area contributed by atoms with E-state index in [1.54, 1.807) is 17.0 Å². The SMILES string of the molecule is CN(CCC(=O)N1CCN(c2ccc(C#N)cn2)CC1)CC1CCCN1c1cn[nH]c(=O)c1C(F)(F)F. The Balaban J connectivity index is 1.28. The van der Waals surface area contributed by atoms with Crippen molar-refractivity contribution in [2.24, 2.45) is 0 Å². The van der Waals surface area contributed by atoms with Crippen LogP contribution in [0, 0.1) is 11.3 Å².